The minimum absolute atomic E-state index is 0.0412. The fraction of sp³-hybridized carbons (Fsp3) is 0.583. The van der Waals surface area contributed by atoms with Gasteiger partial charge in [0, 0.05) is 23.4 Å². The first kappa shape index (κ1) is 15.1. The van der Waals surface area contributed by atoms with E-state index in [9.17, 15) is 4.79 Å². The molecule has 6 heteroatoms. The molecule has 0 aromatic carbocycles. The molecule has 0 saturated carbocycles. The number of hydrogen-bond acceptors (Lipinski definition) is 5. The molecule has 1 rings (SSSR count). The van der Waals surface area contributed by atoms with Gasteiger partial charge in [-0.3, -0.25) is 0 Å². The zero-order valence-electron chi connectivity index (χ0n) is 10.8. The number of furan rings is 1. The van der Waals surface area contributed by atoms with E-state index in [4.69, 9.17) is 14.6 Å². The highest BCUT2D eigenvalue weighted by Crippen LogP contribution is 2.16. The third-order valence-electron chi connectivity index (χ3n) is 2.89. The zero-order valence-corrected chi connectivity index (χ0v) is 11.6. The Morgan fingerprint density at radius 1 is 1.61 bits per heavy atom. The normalized spacial score (nSPS) is 14.4. The molecule has 0 spiro atoms. The third-order valence-corrected chi connectivity index (χ3v) is 4.05. The lowest BCUT2D eigenvalue weighted by atomic mass is 10.2. The number of thioether (sulfide) groups is 1. The van der Waals surface area contributed by atoms with E-state index in [0.717, 1.165) is 5.56 Å². The highest BCUT2D eigenvalue weighted by molar-refractivity contribution is 7.99. The Morgan fingerprint density at radius 2 is 2.28 bits per heavy atom. The molecule has 0 radical (unpaired) electrons. The molecule has 3 N–H and O–H groups in total. The molecule has 18 heavy (non-hydrogen) atoms. The maximum atomic E-state index is 10.8. The van der Waals surface area contributed by atoms with E-state index in [-0.39, 0.29) is 23.7 Å². The summed E-state index contributed by atoms with van der Waals surface area (Å²) in [5.41, 5.74) is 0.831. The minimum atomic E-state index is -1.06. The van der Waals surface area contributed by atoms with Gasteiger partial charge in [-0.2, -0.15) is 11.8 Å². The second kappa shape index (κ2) is 6.82. The monoisotopic (exact) mass is 273 g/mol. The summed E-state index contributed by atoms with van der Waals surface area (Å²) < 4.78 is 5.13. The van der Waals surface area contributed by atoms with Crippen LogP contribution in [0.2, 0.25) is 0 Å². The molecule has 0 aliphatic rings. The van der Waals surface area contributed by atoms with Crippen LogP contribution < -0.4 is 5.32 Å². The van der Waals surface area contributed by atoms with E-state index in [2.05, 4.69) is 5.32 Å². The van der Waals surface area contributed by atoms with Crippen molar-refractivity contribution in [3.8, 4) is 0 Å². The number of carbonyl (C=O) groups is 1. The molecule has 2 unspecified atom stereocenters. The first-order valence-corrected chi connectivity index (χ1v) is 6.98. The Kier molecular flexibility index (Phi) is 5.71. The average molecular weight is 273 g/mol. The van der Waals surface area contributed by atoms with Crippen LogP contribution in [0.25, 0.3) is 0 Å². The lowest BCUT2D eigenvalue weighted by Crippen LogP contribution is -2.37. The Balaban J connectivity index is 2.60. The summed E-state index contributed by atoms with van der Waals surface area (Å²) in [7, 11) is 0. The zero-order chi connectivity index (χ0) is 13.7. The smallest absolute Gasteiger partial charge is 0.371 e. The number of aryl methyl sites for hydroxylation is 1. The molecule has 1 aromatic heterocycles. The van der Waals surface area contributed by atoms with Crippen LogP contribution in [-0.4, -0.2) is 40.3 Å². The first-order chi connectivity index (χ1) is 8.49. The van der Waals surface area contributed by atoms with Gasteiger partial charge in [0.05, 0.1) is 6.61 Å². The fourth-order valence-electron chi connectivity index (χ4n) is 1.64. The number of aliphatic hydroxyl groups is 1. The van der Waals surface area contributed by atoms with Gasteiger partial charge < -0.3 is 19.9 Å². The number of hydrogen-bond donors (Lipinski definition) is 3. The summed E-state index contributed by atoms with van der Waals surface area (Å²) >= 11 is 1.60. The van der Waals surface area contributed by atoms with Crippen LogP contribution in [0.3, 0.4) is 0 Å². The van der Waals surface area contributed by atoms with E-state index in [1.54, 1.807) is 18.7 Å². The predicted octanol–water partition coefficient (Wildman–Crippen LogP) is 1.49. The van der Waals surface area contributed by atoms with E-state index >= 15 is 0 Å². The van der Waals surface area contributed by atoms with Crippen molar-refractivity contribution >= 4 is 17.7 Å². The van der Waals surface area contributed by atoms with Crippen LogP contribution in [0.1, 0.15) is 28.8 Å². The van der Waals surface area contributed by atoms with Crippen LogP contribution in [0.4, 0.5) is 0 Å². The molecule has 2 atom stereocenters. The number of rotatable bonds is 7. The molecule has 0 amide bonds. The predicted molar refractivity (Wildman–Crippen MR) is 71.1 cm³/mol. The maximum absolute atomic E-state index is 10.8. The summed E-state index contributed by atoms with van der Waals surface area (Å²) in [6.07, 6.45) is 1.95. The van der Waals surface area contributed by atoms with Gasteiger partial charge in [0.2, 0.25) is 5.76 Å². The molecule has 102 valence electrons. The third kappa shape index (κ3) is 3.76. The van der Waals surface area contributed by atoms with E-state index in [1.807, 2.05) is 13.2 Å². The van der Waals surface area contributed by atoms with Crippen molar-refractivity contribution in [1.82, 2.24) is 5.32 Å². The number of aromatic carboxylic acids is 1. The molecule has 0 saturated heterocycles. The van der Waals surface area contributed by atoms with E-state index in [1.165, 1.54) is 6.07 Å². The van der Waals surface area contributed by atoms with Crippen LogP contribution in [0, 0.1) is 6.92 Å². The van der Waals surface area contributed by atoms with Gasteiger partial charge in [-0.15, -0.1) is 0 Å². The number of aliphatic hydroxyl groups excluding tert-OH is 1. The van der Waals surface area contributed by atoms with Gasteiger partial charge in [-0.05, 0) is 26.2 Å². The van der Waals surface area contributed by atoms with Crippen LogP contribution in [0.15, 0.2) is 10.5 Å². The number of carboxylic acid groups (broad SMARTS) is 1. The molecule has 0 aliphatic heterocycles. The quantitative estimate of drug-likeness (QED) is 0.698. The summed E-state index contributed by atoms with van der Waals surface area (Å²) in [5, 5.41) is 21.4. The Morgan fingerprint density at radius 3 is 2.72 bits per heavy atom. The van der Waals surface area contributed by atoms with Crippen molar-refractivity contribution in [2.45, 2.75) is 31.7 Å². The topological polar surface area (TPSA) is 82.7 Å². The van der Waals surface area contributed by atoms with Crippen molar-refractivity contribution in [3.63, 3.8) is 0 Å². The lowest BCUT2D eigenvalue weighted by Gasteiger charge is -2.21. The van der Waals surface area contributed by atoms with Crippen molar-refractivity contribution in [2.24, 2.45) is 0 Å². The summed E-state index contributed by atoms with van der Waals surface area (Å²) in [5.74, 6) is -0.493. The van der Waals surface area contributed by atoms with Gasteiger partial charge in [-0.25, -0.2) is 4.79 Å². The Hall–Kier alpha value is -0.980. The van der Waals surface area contributed by atoms with Crippen molar-refractivity contribution < 1.29 is 19.4 Å². The van der Waals surface area contributed by atoms with Crippen LogP contribution in [-0.2, 0) is 6.54 Å². The van der Waals surface area contributed by atoms with Gasteiger partial charge in [0.1, 0.15) is 5.76 Å². The van der Waals surface area contributed by atoms with Crippen molar-refractivity contribution in [2.75, 3.05) is 12.9 Å². The molecule has 0 fully saturated rings. The SMILES string of the molecule is CSC(CO)C(C)NCc1cc(C(=O)O)oc1C. The molecule has 0 bridgehead atoms. The highest BCUT2D eigenvalue weighted by Gasteiger charge is 2.17. The van der Waals surface area contributed by atoms with Gasteiger partial charge >= 0.3 is 5.97 Å². The van der Waals surface area contributed by atoms with Crippen LogP contribution in [0.5, 0.6) is 0 Å². The lowest BCUT2D eigenvalue weighted by molar-refractivity contribution is 0.0661. The Bertz CT molecular complexity index is 401. The van der Waals surface area contributed by atoms with Gasteiger partial charge in [0.25, 0.3) is 0 Å². The molecule has 1 heterocycles. The van der Waals surface area contributed by atoms with E-state index in [0.29, 0.717) is 12.3 Å². The molecule has 1 aromatic rings. The standard InChI is InChI=1S/C12H19NO4S/c1-7(11(6-14)18-3)13-5-9-4-10(12(15)16)17-8(9)2/h4,7,11,13-14H,5-6H2,1-3H3,(H,15,16). The number of nitrogens with one attached hydrogen (secondary N) is 1. The fourth-order valence-corrected chi connectivity index (χ4v) is 2.29. The second-order valence-corrected chi connectivity index (χ2v) is 5.20. The second-order valence-electron chi connectivity index (χ2n) is 4.12. The maximum Gasteiger partial charge on any atom is 0.371 e. The summed E-state index contributed by atoms with van der Waals surface area (Å²) in [4.78, 5) is 10.8. The average Bonchev–Trinajstić information content (AvgIpc) is 2.70. The highest BCUT2D eigenvalue weighted by atomic mass is 32.2. The molecule has 5 nitrogen and oxygen atoms in total. The van der Waals surface area contributed by atoms with Crippen LogP contribution >= 0.6 is 11.8 Å². The van der Waals surface area contributed by atoms with Gasteiger partial charge in [-0.1, -0.05) is 0 Å². The molecule has 0 aliphatic carbocycles. The first-order valence-electron chi connectivity index (χ1n) is 5.69. The van der Waals surface area contributed by atoms with E-state index < -0.39 is 5.97 Å². The van der Waals surface area contributed by atoms with Gasteiger partial charge in [0.15, 0.2) is 0 Å². The van der Waals surface area contributed by atoms with Crippen molar-refractivity contribution in [3.05, 3.63) is 23.2 Å². The van der Waals surface area contributed by atoms with Crippen molar-refractivity contribution in [1.29, 1.82) is 0 Å². The molecular formula is C12H19NO4S. The minimum Gasteiger partial charge on any atom is -0.475 e. The summed E-state index contributed by atoms with van der Waals surface area (Å²) in [6.45, 7) is 4.37. The number of carboxylic acids is 1. The Labute approximate surface area is 111 Å². The largest absolute Gasteiger partial charge is 0.475 e. The molecular weight excluding hydrogens is 254 g/mol. The summed E-state index contributed by atoms with van der Waals surface area (Å²) in [6, 6.07) is 1.66.